The van der Waals surface area contributed by atoms with Crippen LogP contribution in [0.25, 0.3) is 5.69 Å². The molecular weight excluding hydrogens is 602 g/mol. The summed E-state index contributed by atoms with van der Waals surface area (Å²) in [7, 11) is -4.16. The monoisotopic (exact) mass is 622 g/mol. The number of hydrogen-bond acceptors (Lipinski definition) is 4. The van der Waals surface area contributed by atoms with Crippen molar-refractivity contribution in [2.45, 2.75) is 18.7 Å². The van der Waals surface area contributed by atoms with Gasteiger partial charge in [0.05, 0.1) is 42.6 Å². The molecule has 0 saturated carbocycles. The van der Waals surface area contributed by atoms with Gasteiger partial charge in [-0.1, -0.05) is 76.7 Å². The first-order valence-corrected chi connectivity index (χ1v) is 14.4. The van der Waals surface area contributed by atoms with Gasteiger partial charge in [-0.15, -0.1) is 0 Å². The van der Waals surface area contributed by atoms with Gasteiger partial charge in [-0.2, -0.15) is 5.10 Å². The first-order chi connectivity index (χ1) is 18.5. The van der Waals surface area contributed by atoms with Crippen molar-refractivity contribution in [3.05, 3.63) is 110 Å². The largest absolute Gasteiger partial charge is 0.316 e. The van der Waals surface area contributed by atoms with E-state index in [4.69, 9.17) is 46.4 Å². The Kier molecular flexibility index (Phi) is 8.93. The molecule has 0 radical (unpaired) electrons. The van der Waals surface area contributed by atoms with Crippen LogP contribution in [-0.2, 0) is 14.8 Å². The van der Waals surface area contributed by atoms with Crippen molar-refractivity contribution < 1.29 is 13.2 Å². The second kappa shape index (κ2) is 12.0. The fourth-order valence-corrected chi connectivity index (χ4v) is 6.28. The van der Waals surface area contributed by atoms with Gasteiger partial charge in [0.1, 0.15) is 6.54 Å². The van der Waals surface area contributed by atoms with E-state index in [2.05, 4.69) is 10.5 Å². The average molecular weight is 624 g/mol. The van der Waals surface area contributed by atoms with E-state index in [0.29, 0.717) is 15.7 Å². The van der Waals surface area contributed by atoms with E-state index < -0.39 is 22.5 Å². The second-order valence-corrected chi connectivity index (χ2v) is 11.9. The minimum absolute atomic E-state index is 0.00194. The number of carbonyl (C=O) groups excluding carboxylic acids is 1. The molecule has 1 heterocycles. The molecule has 39 heavy (non-hydrogen) atoms. The number of anilines is 1. The van der Waals surface area contributed by atoms with Crippen LogP contribution in [0.3, 0.4) is 0 Å². The molecule has 1 amide bonds. The molecule has 4 aromatic rings. The molecule has 12 heteroatoms. The summed E-state index contributed by atoms with van der Waals surface area (Å²) in [6, 6.07) is 19.5. The molecular formula is C27H22Cl4N4O3S. The highest BCUT2D eigenvalue weighted by molar-refractivity contribution is 7.92. The first kappa shape index (κ1) is 29.0. The predicted molar refractivity (Wildman–Crippen MR) is 158 cm³/mol. The van der Waals surface area contributed by atoms with Gasteiger partial charge in [-0.05, 0) is 56.3 Å². The highest BCUT2D eigenvalue weighted by Crippen LogP contribution is 2.35. The fourth-order valence-electron chi connectivity index (χ4n) is 4.00. The number of nitrogens with zero attached hydrogens (tertiary/aromatic N) is 3. The lowest BCUT2D eigenvalue weighted by atomic mass is 10.2. The maximum Gasteiger partial charge on any atom is 0.264 e. The van der Waals surface area contributed by atoms with E-state index in [1.54, 1.807) is 36.4 Å². The molecule has 3 aromatic carbocycles. The van der Waals surface area contributed by atoms with Gasteiger partial charge in [0.15, 0.2) is 0 Å². The number of halogens is 4. The molecule has 7 nitrogen and oxygen atoms in total. The van der Waals surface area contributed by atoms with Gasteiger partial charge in [0.25, 0.3) is 15.9 Å². The zero-order chi connectivity index (χ0) is 28.3. The van der Waals surface area contributed by atoms with Crippen LogP contribution in [-0.4, -0.2) is 31.7 Å². The third-order valence-electron chi connectivity index (χ3n) is 5.85. The van der Waals surface area contributed by atoms with Gasteiger partial charge in [0.2, 0.25) is 0 Å². The minimum Gasteiger partial charge on any atom is -0.316 e. The van der Waals surface area contributed by atoms with E-state index in [-0.39, 0.29) is 20.6 Å². The molecule has 0 unspecified atom stereocenters. The van der Waals surface area contributed by atoms with Crippen molar-refractivity contribution in [3.8, 4) is 5.69 Å². The van der Waals surface area contributed by atoms with Crippen LogP contribution in [0.4, 0.5) is 5.69 Å². The zero-order valence-electron chi connectivity index (χ0n) is 20.7. The van der Waals surface area contributed by atoms with Gasteiger partial charge < -0.3 is 4.57 Å². The summed E-state index contributed by atoms with van der Waals surface area (Å²) in [5.41, 5.74) is 5.58. The van der Waals surface area contributed by atoms with Gasteiger partial charge >= 0.3 is 0 Å². The van der Waals surface area contributed by atoms with Crippen molar-refractivity contribution in [1.29, 1.82) is 0 Å². The van der Waals surface area contributed by atoms with Crippen molar-refractivity contribution in [3.63, 3.8) is 0 Å². The molecule has 0 saturated heterocycles. The summed E-state index contributed by atoms with van der Waals surface area (Å²) in [5.74, 6) is -0.687. The Balaban J connectivity index is 1.59. The lowest BCUT2D eigenvalue weighted by molar-refractivity contribution is -0.119. The third-order valence-corrected chi connectivity index (χ3v) is 9.25. The summed E-state index contributed by atoms with van der Waals surface area (Å²) in [6.07, 6.45) is 1.47. The number of aryl methyl sites for hydroxylation is 1. The normalized spacial score (nSPS) is 11.6. The average Bonchev–Trinajstić information content (AvgIpc) is 3.19. The molecule has 1 aromatic heterocycles. The summed E-state index contributed by atoms with van der Waals surface area (Å²) >= 11 is 25.1. The van der Waals surface area contributed by atoms with Crippen LogP contribution in [0.5, 0.6) is 0 Å². The predicted octanol–water partition coefficient (Wildman–Crippen LogP) is 7.05. The van der Waals surface area contributed by atoms with Crippen molar-refractivity contribution in [2.24, 2.45) is 5.10 Å². The summed E-state index contributed by atoms with van der Waals surface area (Å²) in [5, 5.41) is 5.05. The van der Waals surface area contributed by atoms with Crippen LogP contribution in [0.15, 0.2) is 82.8 Å². The van der Waals surface area contributed by atoms with Crippen molar-refractivity contribution >= 4 is 74.2 Å². The molecule has 0 atom stereocenters. The SMILES string of the molecule is Cc1cc(/C=N/NC(=O)CN(c2cccc(Cl)c2Cl)S(=O)(=O)c2ccccc2)c(C)n1-c1cccc(Cl)c1Cl. The molecule has 0 spiro atoms. The van der Waals surface area contributed by atoms with E-state index in [1.807, 2.05) is 30.5 Å². The Morgan fingerprint density at radius 1 is 0.923 bits per heavy atom. The summed E-state index contributed by atoms with van der Waals surface area (Å²) in [4.78, 5) is 12.9. The molecule has 202 valence electrons. The number of amides is 1. The maximum atomic E-state index is 13.5. The van der Waals surface area contributed by atoms with Crippen LogP contribution in [0.2, 0.25) is 20.1 Å². The Bertz CT molecular complexity index is 1670. The fraction of sp³-hybridized carbons (Fsp3) is 0.111. The molecule has 4 rings (SSSR count). The van der Waals surface area contributed by atoms with E-state index in [1.165, 1.54) is 30.5 Å². The van der Waals surface area contributed by atoms with Crippen LogP contribution < -0.4 is 9.73 Å². The molecule has 0 aliphatic heterocycles. The van der Waals surface area contributed by atoms with Crippen LogP contribution in [0, 0.1) is 13.8 Å². The topological polar surface area (TPSA) is 83.8 Å². The molecule has 1 N–H and O–H groups in total. The smallest absolute Gasteiger partial charge is 0.264 e. The number of benzene rings is 3. The lowest BCUT2D eigenvalue weighted by Gasteiger charge is -2.24. The Labute approximate surface area is 246 Å². The van der Waals surface area contributed by atoms with Crippen LogP contribution >= 0.6 is 46.4 Å². The first-order valence-electron chi connectivity index (χ1n) is 11.5. The second-order valence-electron chi connectivity index (χ2n) is 8.43. The summed E-state index contributed by atoms with van der Waals surface area (Å²) in [6.45, 7) is 3.19. The van der Waals surface area contributed by atoms with Crippen molar-refractivity contribution in [2.75, 3.05) is 10.8 Å². The quantitative estimate of drug-likeness (QED) is 0.169. The molecule has 0 fully saturated rings. The Morgan fingerprint density at radius 3 is 2.26 bits per heavy atom. The number of carbonyl (C=O) groups is 1. The third kappa shape index (κ3) is 6.10. The highest BCUT2D eigenvalue weighted by Gasteiger charge is 2.29. The van der Waals surface area contributed by atoms with E-state index in [9.17, 15) is 13.2 Å². The molecule has 0 aliphatic rings. The van der Waals surface area contributed by atoms with Crippen molar-refractivity contribution in [1.82, 2.24) is 9.99 Å². The standard InChI is InChI=1S/C27H22Cl4N4O3S/c1-17-14-19(18(2)35(17)24-13-7-11-22(29)27(24)31)15-32-33-25(36)16-34(23-12-6-10-21(28)26(23)30)39(37,38)20-8-4-3-5-9-20/h3-15H,16H2,1-2H3,(H,33,36)/b32-15+. The highest BCUT2D eigenvalue weighted by atomic mass is 35.5. The van der Waals surface area contributed by atoms with E-state index in [0.717, 1.165) is 21.3 Å². The van der Waals surface area contributed by atoms with Gasteiger partial charge in [-0.3, -0.25) is 9.10 Å². The van der Waals surface area contributed by atoms with Gasteiger partial charge in [0, 0.05) is 17.0 Å². The summed E-state index contributed by atoms with van der Waals surface area (Å²) < 4.78 is 29.8. The molecule has 0 aliphatic carbocycles. The number of aromatic nitrogens is 1. The van der Waals surface area contributed by atoms with Crippen LogP contribution in [0.1, 0.15) is 17.0 Å². The lowest BCUT2D eigenvalue weighted by Crippen LogP contribution is -2.39. The Hall–Kier alpha value is -3.01. The van der Waals surface area contributed by atoms with E-state index >= 15 is 0 Å². The number of hydrazone groups is 1. The maximum absolute atomic E-state index is 13.5. The number of rotatable bonds is 8. The zero-order valence-corrected chi connectivity index (χ0v) is 24.5. The number of sulfonamides is 1. The number of nitrogens with one attached hydrogen (secondary N) is 1. The minimum atomic E-state index is -4.16. The number of hydrogen-bond donors (Lipinski definition) is 1. The molecule has 0 bridgehead atoms. The Morgan fingerprint density at radius 2 is 1.56 bits per heavy atom. The van der Waals surface area contributed by atoms with Gasteiger partial charge in [-0.25, -0.2) is 13.8 Å².